The Morgan fingerprint density at radius 3 is 2.47 bits per heavy atom. The van der Waals surface area contributed by atoms with E-state index < -0.39 is 11.7 Å². The second-order valence-electron chi connectivity index (χ2n) is 9.18. The first-order chi connectivity index (χ1) is 17.4. The zero-order valence-corrected chi connectivity index (χ0v) is 20.7. The Balaban J connectivity index is 1.05. The Morgan fingerprint density at radius 2 is 1.69 bits per heavy atom. The lowest BCUT2D eigenvalue weighted by Crippen LogP contribution is -2.46. The molecule has 3 aromatic carbocycles. The van der Waals surface area contributed by atoms with E-state index in [9.17, 15) is 18.0 Å². The van der Waals surface area contributed by atoms with Crippen LogP contribution in [0.1, 0.15) is 28.8 Å². The van der Waals surface area contributed by atoms with Gasteiger partial charge in [0.25, 0.3) is 5.91 Å². The Morgan fingerprint density at radius 1 is 0.917 bits per heavy atom. The SMILES string of the molecule is O=C(NCCCCN1CCN(c2csc3cc(C(F)(F)F)ccc23)CC1)c1ccc2ccccc2c1. The first kappa shape index (κ1) is 24.6. The lowest BCUT2D eigenvalue weighted by Gasteiger charge is -2.36. The number of nitrogens with one attached hydrogen (secondary N) is 1. The van der Waals surface area contributed by atoms with Crippen LogP contribution in [0.3, 0.4) is 0 Å². The van der Waals surface area contributed by atoms with Gasteiger partial charge in [0.2, 0.25) is 0 Å². The number of rotatable bonds is 7. The third kappa shape index (κ3) is 5.50. The topological polar surface area (TPSA) is 35.6 Å². The molecule has 1 saturated heterocycles. The lowest BCUT2D eigenvalue weighted by molar-refractivity contribution is -0.137. The molecule has 0 radical (unpaired) electrons. The molecule has 0 saturated carbocycles. The van der Waals surface area contributed by atoms with Crippen molar-refractivity contribution in [1.82, 2.24) is 10.2 Å². The Labute approximate surface area is 212 Å². The summed E-state index contributed by atoms with van der Waals surface area (Å²) in [5, 5.41) is 8.07. The first-order valence-corrected chi connectivity index (χ1v) is 13.1. The average Bonchev–Trinajstić information content (AvgIpc) is 3.31. The number of amides is 1. The minimum absolute atomic E-state index is 0.0419. The number of benzene rings is 3. The molecule has 1 aliphatic rings. The number of fused-ring (bicyclic) bond motifs is 2. The first-order valence-electron chi connectivity index (χ1n) is 12.2. The van der Waals surface area contributed by atoms with Crippen molar-refractivity contribution < 1.29 is 18.0 Å². The summed E-state index contributed by atoms with van der Waals surface area (Å²) in [4.78, 5) is 17.2. The summed E-state index contributed by atoms with van der Waals surface area (Å²) in [6.45, 7) is 5.16. The van der Waals surface area contributed by atoms with Gasteiger partial charge in [-0.3, -0.25) is 9.69 Å². The molecule has 1 aliphatic heterocycles. The van der Waals surface area contributed by atoms with Gasteiger partial charge in [-0.1, -0.05) is 36.4 Å². The van der Waals surface area contributed by atoms with Gasteiger partial charge in [-0.05, 0) is 54.4 Å². The highest BCUT2D eigenvalue weighted by Crippen LogP contribution is 2.38. The minimum Gasteiger partial charge on any atom is -0.368 e. The Hall–Kier alpha value is -3.10. The molecule has 4 nitrogen and oxygen atoms in total. The zero-order valence-electron chi connectivity index (χ0n) is 19.9. The van der Waals surface area contributed by atoms with E-state index in [0.717, 1.165) is 67.4 Å². The van der Waals surface area contributed by atoms with Crippen molar-refractivity contribution in [2.75, 3.05) is 44.2 Å². The number of unbranched alkanes of at least 4 members (excludes halogenated alkanes) is 1. The number of hydrogen-bond donors (Lipinski definition) is 1. The predicted octanol–water partition coefficient (Wildman–Crippen LogP) is 6.41. The average molecular weight is 512 g/mol. The molecule has 188 valence electrons. The van der Waals surface area contributed by atoms with E-state index in [-0.39, 0.29) is 5.91 Å². The Kier molecular flexibility index (Phi) is 7.16. The van der Waals surface area contributed by atoms with Crippen molar-refractivity contribution in [3.05, 3.63) is 77.2 Å². The van der Waals surface area contributed by atoms with E-state index in [1.165, 1.54) is 23.5 Å². The molecule has 4 aromatic rings. The quantitative estimate of drug-likeness (QED) is 0.292. The smallest absolute Gasteiger partial charge is 0.368 e. The Bertz CT molecular complexity index is 1360. The fourth-order valence-corrected chi connectivity index (χ4v) is 5.75. The molecule has 0 spiro atoms. The number of carbonyl (C=O) groups excluding carboxylic acids is 1. The highest BCUT2D eigenvalue weighted by Gasteiger charge is 2.31. The third-order valence-electron chi connectivity index (χ3n) is 6.79. The number of halogens is 3. The van der Waals surface area contributed by atoms with Crippen LogP contribution in [0.2, 0.25) is 0 Å². The van der Waals surface area contributed by atoms with Gasteiger partial charge in [0.05, 0.1) is 11.3 Å². The van der Waals surface area contributed by atoms with E-state index in [0.29, 0.717) is 16.8 Å². The van der Waals surface area contributed by atoms with Crippen LogP contribution in [-0.2, 0) is 6.18 Å². The van der Waals surface area contributed by atoms with E-state index in [1.54, 1.807) is 6.07 Å². The van der Waals surface area contributed by atoms with Crippen LogP contribution >= 0.6 is 11.3 Å². The van der Waals surface area contributed by atoms with Crippen LogP contribution in [0.5, 0.6) is 0 Å². The molecule has 1 amide bonds. The number of alkyl halides is 3. The maximum absolute atomic E-state index is 13.0. The highest BCUT2D eigenvalue weighted by atomic mass is 32.1. The van der Waals surface area contributed by atoms with Crippen molar-refractivity contribution in [1.29, 1.82) is 0 Å². The molecule has 1 fully saturated rings. The van der Waals surface area contributed by atoms with Gasteiger partial charge in [-0.2, -0.15) is 13.2 Å². The van der Waals surface area contributed by atoms with Crippen LogP contribution in [0.25, 0.3) is 20.9 Å². The van der Waals surface area contributed by atoms with Gasteiger partial charge < -0.3 is 10.2 Å². The van der Waals surface area contributed by atoms with E-state index in [1.807, 2.05) is 47.8 Å². The molecule has 5 rings (SSSR count). The molecule has 0 unspecified atom stereocenters. The van der Waals surface area contributed by atoms with Crippen molar-refractivity contribution in [2.45, 2.75) is 19.0 Å². The van der Waals surface area contributed by atoms with Crippen LogP contribution < -0.4 is 10.2 Å². The third-order valence-corrected chi connectivity index (χ3v) is 7.73. The van der Waals surface area contributed by atoms with Gasteiger partial charge in [-0.25, -0.2) is 0 Å². The second-order valence-corrected chi connectivity index (χ2v) is 10.1. The van der Waals surface area contributed by atoms with Crippen LogP contribution in [0.15, 0.2) is 66.0 Å². The minimum atomic E-state index is -4.32. The maximum Gasteiger partial charge on any atom is 0.416 e. The summed E-state index contributed by atoms with van der Waals surface area (Å²) in [5.74, 6) is -0.0419. The van der Waals surface area contributed by atoms with Gasteiger partial charge >= 0.3 is 6.18 Å². The molecule has 36 heavy (non-hydrogen) atoms. The van der Waals surface area contributed by atoms with Crippen molar-refractivity contribution in [3.8, 4) is 0 Å². The molecule has 0 atom stereocenters. The van der Waals surface area contributed by atoms with Crippen LogP contribution in [0.4, 0.5) is 18.9 Å². The summed E-state index contributed by atoms with van der Waals surface area (Å²) < 4.78 is 39.7. The van der Waals surface area contributed by atoms with Crippen molar-refractivity contribution in [3.63, 3.8) is 0 Å². The van der Waals surface area contributed by atoms with E-state index in [2.05, 4.69) is 15.1 Å². The monoisotopic (exact) mass is 511 g/mol. The van der Waals surface area contributed by atoms with Gasteiger partial charge in [0.1, 0.15) is 0 Å². The molecular weight excluding hydrogens is 483 g/mol. The number of hydrogen-bond acceptors (Lipinski definition) is 4. The summed E-state index contributed by atoms with van der Waals surface area (Å²) >= 11 is 1.37. The number of nitrogens with zero attached hydrogens (tertiary/aromatic N) is 2. The molecule has 1 aromatic heterocycles. The summed E-state index contributed by atoms with van der Waals surface area (Å²) in [7, 11) is 0. The van der Waals surface area contributed by atoms with E-state index in [4.69, 9.17) is 0 Å². The molecule has 8 heteroatoms. The fraction of sp³-hybridized carbons (Fsp3) is 0.321. The standard InChI is InChI=1S/C28H28F3N3OS/c29-28(30,31)23-9-10-24-25(19-36-26(24)18-23)34-15-13-33(14-16-34)12-4-3-11-32-27(35)22-8-7-20-5-1-2-6-21(20)17-22/h1-2,5-10,17-19H,3-4,11-16H2,(H,32,35). The molecule has 0 aliphatic carbocycles. The fourth-order valence-electron chi connectivity index (χ4n) is 4.74. The number of carbonyl (C=O) groups is 1. The molecule has 2 heterocycles. The largest absolute Gasteiger partial charge is 0.416 e. The predicted molar refractivity (Wildman–Crippen MR) is 141 cm³/mol. The summed E-state index contributed by atoms with van der Waals surface area (Å²) in [6, 6.07) is 17.8. The highest BCUT2D eigenvalue weighted by molar-refractivity contribution is 7.17. The summed E-state index contributed by atoms with van der Waals surface area (Å²) in [5.41, 5.74) is 1.11. The molecular formula is C28H28F3N3OS. The molecule has 1 N–H and O–H groups in total. The van der Waals surface area contributed by atoms with Gasteiger partial charge in [0.15, 0.2) is 0 Å². The van der Waals surface area contributed by atoms with Crippen LogP contribution in [-0.4, -0.2) is 50.1 Å². The normalized spacial score (nSPS) is 15.0. The number of anilines is 1. The number of thiophene rings is 1. The lowest BCUT2D eigenvalue weighted by atomic mass is 10.1. The summed E-state index contributed by atoms with van der Waals surface area (Å²) in [6.07, 6.45) is -2.40. The number of piperazine rings is 1. The van der Waals surface area contributed by atoms with Crippen molar-refractivity contribution in [2.24, 2.45) is 0 Å². The molecule has 0 bridgehead atoms. The van der Waals surface area contributed by atoms with Crippen molar-refractivity contribution >= 4 is 43.8 Å². The van der Waals surface area contributed by atoms with E-state index >= 15 is 0 Å². The van der Waals surface area contributed by atoms with Gasteiger partial charge in [-0.15, -0.1) is 11.3 Å². The second kappa shape index (κ2) is 10.5. The van der Waals surface area contributed by atoms with Crippen LogP contribution in [0, 0.1) is 0 Å². The van der Waals surface area contributed by atoms with Gasteiger partial charge in [0, 0.05) is 53.8 Å². The maximum atomic E-state index is 13.0. The zero-order chi connectivity index (χ0) is 25.1.